The van der Waals surface area contributed by atoms with Crippen molar-refractivity contribution in [2.45, 2.75) is 77.7 Å². The quantitative estimate of drug-likeness (QED) is 0.635. The molecule has 4 fully saturated rings. The molecule has 0 radical (unpaired) electrons. The van der Waals surface area contributed by atoms with Gasteiger partial charge in [0.05, 0.1) is 6.10 Å². The number of nitrogens with two attached hydrogens (primary N) is 1. The number of urea groups is 1. The zero-order valence-electron chi connectivity index (χ0n) is 15.6. The van der Waals surface area contributed by atoms with E-state index in [-0.39, 0.29) is 11.5 Å². The van der Waals surface area contributed by atoms with E-state index in [1.54, 1.807) is 0 Å². The maximum absolute atomic E-state index is 11.1. The molecule has 5 nitrogen and oxygen atoms in total. The van der Waals surface area contributed by atoms with Crippen molar-refractivity contribution in [3.63, 3.8) is 0 Å². The van der Waals surface area contributed by atoms with E-state index in [9.17, 15) is 9.90 Å². The highest BCUT2D eigenvalue weighted by atomic mass is 16.3. The molecule has 0 aromatic rings. The lowest BCUT2D eigenvalue weighted by atomic mass is 9.45. The number of hydrogen-bond acceptors (Lipinski definition) is 3. The highest BCUT2D eigenvalue weighted by molar-refractivity contribution is 5.93. The van der Waals surface area contributed by atoms with Crippen molar-refractivity contribution in [3.8, 4) is 0 Å². The third kappa shape index (κ3) is 2.61. The van der Waals surface area contributed by atoms with Gasteiger partial charge in [0.15, 0.2) is 0 Å². The van der Waals surface area contributed by atoms with Crippen LogP contribution in [-0.4, -0.2) is 23.0 Å². The van der Waals surface area contributed by atoms with Gasteiger partial charge in [-0.2, -0.15) is 5.10 Å². The van der Waals surface area contributed by atoms with E-state index >= 15 is 0 Å². The van der Waals surface area contributed by atoms with Gasteiger partial charge in [-0.3, -0.25) is 0 Å². The van der Waals surface area contributed by atoms with Crippen LogP contribution in [-0.2, 0) is 0 Å². The van der Waals surface area contributed by atoms with E-state index in [0.717, 1.165) is 36.8 Å². The number of primary amides is 1. The van der Waals surface area contributed by atoms with Gasteiger partial charge >= 0.3 is 6.03 Å². The van der Waals surface area contributed by atoms with Crippen LogP contribution in [0.15, 0.2) is 5.10 Å². The molecule has 2 amide bonds. The Morgan fingerprint density at radius 2 is 1.96 bits per heavy atom. The summed E-state index contributed by atoms with van der Waals surface area (Å²) in [6.07, 6.45) is 10.3. The first kappa shape index (κ1) is 17.3. The third-order valence-corrected chi connectivity index (χ3v) is 8.68. The number of nitrogens with zero attached hydrogens (tertiary/aromatic N) is 1. The molecule has 0 unspecified atom stereocenters. The van der Waals surface area contributed by atoms with Gasteiger partial charge in [-0.15, -0.1) is 0 Å². The van der Waals surface area contributed by atoms with Crippen molar-refractivity contribution in [2.24, 2.45) is 45.3 Å². The van der Waals surface area contributed by atoms with Gasteiger partial charge in [-0.05, 0) is 86.9 Å². The lowest BCUT2D eigenvalue weighted by Crippen LogP contribution is -2.54. The number of hydrogen-bond donors (Lipinski definition) is 3. The van der Waals surface area contributed by atoms with Gasteiger partial charge < -0.3 is 10.8 Å². The van der Waals surface area contributed by atoms with E-state index in [1.807, 2.05) is 0 Å². The molecule has 0 spiro atoms. The Labute approximate surface area is 150 Å². The van der Waals surface area contributed by atoms with Crippen molar-refractivity contribution in [1.82, 2.24) is 5.43 Å². The van der Waals surface area contributed by atoms with Crippen LogP contribution in [0.3, 0.4) is 0 Å². The summed E-state index contributed by atoms with van der Waals surface area (Å²) in [6, 6.07) is -0.568. The topological polar surface area (TPSA) is 87.7 Å². The smallest absolute Gasteiger partial charge is 0.332 e. The van der Waals surface area contributed by atoms with Gasteiger partial charge in [-0.25, -0.2) is 10.2 Å². The zero-order valence-corrected chi connectivity index (χ0v) is 15.6. The van der Waals surface area contributed by atoms with Crippen molar-refractivity contribution in [1.29, 1.82) is 0 Å². The molecule has 4 rings (SSSR count). The Morgan fingerprint density at radius 1 is 1.16 bits per heavy atom. The van der Waals surface area contributed by atoms with Crippen molar-refractivity contribution in [2.75, 3.05) is 0 Å². The van der Waals surface area contributed by atoms with Gasteiger partial charge in [0, 0.05) is 11.1 Å². The second-order valence-corrected chi connectivity index (χ2v) is 9.61. The number of nitrogens with one attached hydrogen (secondary N) is 1. The molecular formula is C20H33N3O2. The number of hydrazone groups is 1. The van der Waals surface area contributed by atoms with E-state index in [1.165, 1.54) is 38.5 Å². The number of aliphatic hydroxyl groups is 1. The summed E-state index contributed by atoms with van der Waals surface area (Å²) in [5, 5.41) is 14.5. The number of carbonyl (C=O) groups is 1. The summed E-state index contributed by atoms with van der Waals surface area (Å²) < 4.78 is 0. The molecule has 5 heteroatoms. The first-order valence-electron chi connectivity index (χ1n) is 10.1. The molecule has 4 N–H and O–H groups in total. The van der Waals surface area contributed by atoms with E-state index in [2.05, 4.69) is 24.4 Å². The first-order valence-corrected chi connectivity index (χ1v) is 10.1. The molecule has 140 valence electrons. The van der Waals surface area contributed by atoms with Gasteiger partial charge in [0.2, 0.25) is 0 Å². The van der Waals surface area contributed by atoms with Gasteiger partial charge in [0.1, 0.15) is 0 Å². The van der Waals surface area contributed by atoms with Crippen LogP contribution in [0, 0.1) is 34.5 Å². The Morgan fingerprint density at radius 3 is 2.72 bits per heavy atom. The fourth-order valence-electron chi connectivity index (χ4n) is 7.33. The second-order valence-electron chi connectivity index (χ2n) is 9.61. The maximum Gasteiger partial charge on any atom is 0.332 e. The fourth-order valence-corrected chi connectivity index (χ4v) is 7.33. The number of aliphatic hydroxyl groups excluding tert-OH is 1. The number of rotatable bonds is 1. The van der Waals surface area contributed by atoms with Crippen molar-refractivity contribution < 1.29 is 9.90 Å². The van der Waals surface area contributed by atoms with Crippen LogP contribution >= 0.6 is 0 Å². The first-order chi connectivity index (χ1) is 11.8. The van der Waals surface area contributed by atoms with Crippen LogP contribution in [0.1, 0.15) is 71.6 Å². The molecule has 7 atom stereocenters. The second kappa shape index (κ2) is 5.97. The van der Waals surface area contributed by atoms with Crippen LogP contribution in [0.5, 0.6) is 0 Å². The average molecular weight is 348 g/mol. The summed E-state index contributed by atoms with van der Waals surface area (Å²) in [4.78, 5) is 11.1. The summed E-state index contributed by atoms with van der Waals surface area (Å²) in [5.41, 5.74) is 9.38. The largest absolute Gasteiger partial charge is 0.393 e. The molecule has 0 aromatic carbocycles. The highest BCUT2D eigenvalue weighted by Gasteiger charge is 2.59. The zero-order chi connectivity index (χ0) is 17.8. The van der Waals surface area contributed by atoms with Crippen LogP contribution in [0.2, 0.25) is 0 Å². The minimum absolute atomic E-state index is 0.0754. The highest BCUT2D eigenvalue weighted by Crippen LogP contribution is 2.65. The van der Waals surface area contributed by atoms with Crippen molar-refractivity contribution >= 4 is 11.7 Å². The minimum atomic E-state index is -0.568. The molecule has 0 heterocycles. The van der Waals surface area contributed by atoms with Crippen LogP contribution < -0.4 is 11.2 Å². The van der Waals surface area contributed by atoms with Crippen LogP contribution in [0.4, 0.5) is 4.79 Å². The number of carbonyl (C=O) groups excluding carboxylic acids is 1. The van der Waals surface area contributed by atoms with Gasteiger partial charge in [-0.1, -0.05) is 13.8 Å². The minimum Gasteiger partial charge on any atom is -0.393 e. The van der Waals surface area contributed by atoms with Crippen LogP contribution in [0.25, 0.3) is 0 Å². The molecule has 4 aliphatic carbocycles. The van der Waals surface area contributed by atoms with Gasteiger partial charge in [0.25, 0.3) is 0 Å². The normalized spacial score (nSPS) is 50.7. The summed E-state index contributed by atoms with van der Waals surface area (Å²) in [6.45, 7) is 4.88. The molecule has 0 aromatic heterocycles. The molecular weight excluding hydrogens is 314 g/mol. The molecule has 0 saturated heterocycles. The predicted octanol–water partition coefficient (Wildman–Crippen LogP) is 3.41. The SMILES string of the molecule is C[C@]12CC[C@H](O)C[C@@H]1CC[C@@H]1[C@H]3CC/C(=N\NC(N)=O)[C@@]3(C)CC[C@@H]12. The lowest BCUT2D eigenvalue weighted by molar-refractivity contribution is -0.113. The van der Waals surface area contributed by atoms with E-state index in [4.69, 9.17) is 5.73 Å². The Kier molecular flexibility index (Phi) is 4.13. The Bertz CT molecular complexity index is 591. The van der Waals surface area contributed by atoms with E-state index in [0.29, 0.717) is 17.3 Å². The lowest BCUT2D eigenvalue weighted by Gasteiger charge is -2.60. The predicted molar refractivity (Wildman–Crippen MR) is 97.9 cm³/mol. The monoisotopic (exact) mass is 347 g/mol. The number of amides is 2. The van der Waals surface area contributed by atoms with E-state index < -0.39 is 6.03 Å². The standard InChI is InChI=1S/C20H33N3O2/c1-19-9-7-13(24)11-12(19)3-4-14-15-5-6-17(22-23-18(21)25)20(15,2)10-8-16(14)19/h12-16,24H,3-11H2,1-2H3,(H3,21,23,25)/b22-17+/t12-,13-,14+,15+,16-,19-,20-/m0/s1. The molecule has 4 saturated carbocycles. The van der Waals surface area contributed by atoms with Crippen molar-refractivity contribution in [3.05, 3.63) is 0 Å². The Hall–Kier alpha value is -1.10. The number of fused-ring (bicyclic) bond motifs is 5. The fraction of sp³-hybridized carbons (Fsp3) is 0.900. The molecule has 25 heavy (non-hydrogen) atoms. The maximum atomic E-state index is 11.1. The summed E-state index contributed by atoms with van der Waals surface area (Å²) in [5.74, 6) is 2.95. The molecule has 0 aliphatic heterocycles. The third-order valence-electron chi connectivity index (χ3n) is 8.68. The average Bonchev–Trinajstić information content (AvgIpc) is 2.90. The molecule has 0 bridgehead atoms. The summed E-state index contributed by atoms with van der Waals surface area (Å²) in [7, 11) is 0. The Balaban J connectivity index is 1.58. The molecule has 4 aliphatic rings. The summed E-state index contributed by atoms with van der Waals surface area (Å²) >= 11 is 0.